The van der Waals surface area contributed by atoms with Crippen LogP contribution in [0.2, 0.25) is 0 Å². The van der Waals surface area contributed by atoms with E-state index in [9.17, 15) is 14.4 Å². The van der Waals surface area contributed by atoms with Crippen LogP contribution in [0.3, 0.4) is 0 Å². The molecule has 10 nitrogen and oxygen atoms in total. The van der Waals surface area contributed by atoms with Crippen molar-refractivity contribution in [3.05, 3.63) is 66.0 Å². The topological polar surface area (TPSA) is 119 Å². The van der Waals surface area contributed by atoms with Crippen molar-refractivity contribution in [2.24, 2.45) is 0 Å². The van der Waals surface area contributed by atoms with Gasteiger partial charge in [0.1, 0.15) is 6.33 Å². The van der Waals surface area contributed by atoms with Crippen LogP contribution in [0, 0.1) is 0 Å². The third-order valence-corrected chi connectivity index (χ3v) is 3.88. The number of para-hydroxylation sites is 1. The number of anilines is 1. The van der Waals surface area contributed by atoms with Crippen molar-refractivity contribution in [1.29, 1.82) is 0 Å². The number of esters is 1. The van der Waals surface area contributed by atoms with Crippen LogP contribution in [0.1, 0.15) is 20.7 Å². The van der Waals surface area contributed by atoms with E-state index in [-0.39, 0.29) is 11.5 Å². The number of rotatable bonds is 6. The van der Waals surface area contributed by atoms with Crippen LogP contribution in [0.4, 0.5) is 5.69 Å². The van der Waals surface area contributed by atoms with Gasteiger partial charge in [0.2, 0.25) is 0 Å². The third-order valence-electron chi connectivity index (χ3n) is 3.88. The first-order chi connectivity index (χ1) is 14.0. The van der Waals surface area contributed by atoms with Crippen molar-refractivity contribution < 1.29 is 19.1 Å². The highest BCUT2D eigenvalue weighted by Gasteiger charge is 2.16. The molecule has 0 atom stereocenters. The van der Waals surface area contributed by atoms with Gasteiger partial charge >= 0.3 is 5.97 Å². The first-order valence-corrected chi connectivity index (χ1v) is 8.57. The van der Waals surface area contributed by atoms with Crippen molar-refractivity contribution in [2.75, 3.05) is 26.0 Å². The maximum absolute atomic E-state index is 12.4. The molecule has 0 unspecified atom stereocenters. The summed E-state index contributed by atoms with van der Waals surface area (Å²) in [5.74, 6) is -1.33. The molecule has 2 amide bonds. The molecule has 0 saturated carbocycles. The van der Waals surface area contributed by atoms with Crippen LogP contribution < -0.4 is 5.32 Å². The first-order valence-electron chi connectivity index (χ1n) is 8.57. The van der Waals surface area contributed by atoms with E-state index in [4.69, 9.17) is 4.74 Å². The molecule has 0 saturated heterocycles. The molecule has 0 spiro atoms. The Balaban J connectivity index is 1.59. The predicted molar refractivity (Wildman–Crippen MR) is 103 cm³/mol. The smallest absolute Gasteiger partial charge is 0.340 e. The summed E-state index contributed by atoms with van der Waals surface area (Å²) in [4.78, 5) is 37.8. The molecule has 3 rings (SSSR count). The zero-order valence-electron chi connectivity index (χ0n) is 15.8. The van der Waals surface area contributed by atoms with Crippen molar-refractivity contribution in [1.82, 2.24) is 25.1 Å². The molecule has 3 aromatic rings. The number of tetrazole rings is 1. The van der Waals surface area contributed by atoms with Gasteiger partial charge in [-0.05, 0) is 46.8 Å². The van der Waals surface area contributed by atoms with Gasteiger partial charge in [0.15, 0.2) is 6.61 Å². The fourth-order valence-corrected chi connectivity index (χ4v) is 2.48. The molecule has 29 heavy (non-hydrogen) atoms. The maximum atomic E-state index is 12.4. The molecular formula is C19H18N6O4. The molecule has 1 aromatic heterocycles. The summed E-state index contributed by atoms with van der Waals surface area (Å²) in [7, 11) is 3.31. The van der Waals surface area contributed by atoms with E-state index < -0.39 is 18.5 Å². The minimum absolute atomic E-state index is 0.141. The molecule has 0 aliphatic heterocycles. The van der Waals surface area contributed by atoms with Gasteiger partial charge in [-0.1, -0.05) is 12.1 Å². The normalized spacial score (nSPS) is 10.3. The van der Waals surface area contributed by atoms with E-state index in [1.807, 2.05) is 0 Å². The first kappa shape index (κ1) is 19.7. The molecule has 0 bridgehead atoms. The Morgan fingerprint density at radius 2 is 1.79 bits per heavy atom. The third kappa shape index (κ3) is 4.80. The minimum atomic E-state index is -0.682. The summed E-state index contributed by atoms with van der Waals surface area (Å²) < 4.78 is 6.43. The highest BCUT2D eigenvalue weighted by Crippen LogP contribution is 2.14. The number of hydrogen-bond acceptors (Lipinski definition) is 7. The largest absolute Gasteiger partial charge is 0.452 e. The van der Waals surface area contributed by atoms with E-state index in [0.717, 1.165) is 0 Å². The molecular weight excluding hydrogens is 376 g/mol. The van der Waals surface area contributed by atoms with Crippen LogP contribution >= 0.6 is 0 Å². The second-order valence-electron chi connectivity index (χ2n) is 6.17. The molecule has 1 N–H and O–H groups in total. The lowest BCUT2D eigenvalue weighted by Crippen LogP contribution is -2.22. The van der Waals surface area contributed by atoms with E-state index in [1.54, 1.807) is 62.6 Å². The van der Waals surface area contributed by atoms with Crippen LogP contribution in [-0.4, -0.2) is 63.6 Å². The van der Waals surface area contributed by atoms with E-state index in [1.165, 1.54) is 15.9 Å². The second kappa shape index (κ2) is 8.74. The Morgan fingerprint density at radius 1 is 1.07 bits per heavy atom. The van der Waals surface area contributed by atoms with Gasteiger partial charge in [0, 0.05) is 25.3 Å². The average Bonchev–Trinajstić information content (AvgIpc) is 3.27. The summed E-state index contributed by atoms with van der Waals surface area (Å²) in [6.07, 6.45) is 1.35. The monoisotopic (exact) mass is 394 g/mol. The standard InChI is InChI=1S/C19H18N6O4/c1-24(2)18(27)13-7-9-14(10-8-13)21-17(26)11-29-19(28)15-5-3-4-6-16(15)25-12-20-22-23-25/h3-10,12H,11H2,1-2H3,(H,21,26). The van der Waals surface area contributed by atoms with Crippen molar-refractivity contribution >= 4 is 23.5 Å². The van der Waals surface area contributed by atoms with Crippen molar-refractivity contribution in [2.45, 2.75) is 0 Å². The Labute approximate surface area is 166 Å². The lowest BCUT2D eigenvalue weighted by molar-refractivity contribution is -0.119. The van der Waals surface area contributed by atoms with Crippen molar-refractivity contribution in [3.63, 3.8) is 0 Å². The van der Waals surface area contributed by atoms with Crippen LogP contribution in [-0.2, 0) is 9.53 Å². The molecule has 10 heteroatoms. The van der Waals surface area contributed by atoms with E-state index >= 15 is 0 Å². The quantitative estimate of drug-likeness (QED) is 0.623. The number of nitrogens with one attached hydrogen (secondary N) is 1. The Hall–Kier alpha value is -4.08. The van der Waals surface area contributed by atoms with Crippen LogP contribution in [0.5, 0.6) is 0 Å². The molecule has 2 aromatic carbocycles. The number of carbonyl (C=O) groups is 3. The summed E-state index contributed by atoms with van der Waals surface area (Å²) in [5.41, 5.74) is 1.64. The van der Waals surface area contributed by atoms with Gasteiger partial charge in [-0.2, -0.15) is 4.68 Å². The number of hydrogen-bond donors (Lipinski definition) is 1. The molecule has 148 valence electrons. The number of benzene rings is 2. The highest BCUT2D eigenvalue weighted by molar-refractivity contribution is 5.98. The van der Waals surface area contributed by atoms with Crippen LogP contribution in [0.25, 0.3) is 5.69 Å². The minimum Gasteiger partial charge on any atom is -0.452 e. The second-order valence-corrected chi connectivity index (χ2v) is 6.17. The Kier molecular flexibility index (Phi) is 5.93. The van der Waals surface area contributed by atoms with Gasteiger partial charge in [-0.3, -0.25) is 9.59 Å². The molecule has 0 aliphatic carbocycles. The molecule has 0 fully saturated rings. The highest BCUT2D eigenvalue weighted by atomic mass is 16.5. The summed E-state index contributed by atoms with van der Waals surface area (Å²) in [6, 6.07) is 13.0. The fourth-order valence-electron chi connectivity index (χ4n) is 2.48. The van der Waals surface area contributed by atoms with Gasteiger partial charge < -0.3 is 15.0 Å². The summed E-state index contributed by atoms with van der Waals surface area (Å²) >= 11 is 0. The number of carbonyl (C=O) groups excluding carboxylic acids is 3. The molecule has 0 aliphatic rings. The zero-order valence-corrected chi connectivity index (χ0v) is 15.8. The molecule has 1 heterocycles. The summed E-state index contributed by atoms with van der Waals surface area (Å²) in [6.45, 7) is -0.471. The van der Waals surface area contributed by atoms with Gasteiger partial charge in [-0.25, -0.2) is 4.79 Å². The molecule has 0 radical (unpaired) electrons. The SMILES string of the molecule is CN(C)C(=O)c1ccc(NC(=O)COC(=O)c2ccccc2-n2cnnn2)cc1. The van der Waals surface area contributed by atoms with Gasteiger partial charge in [0.25, 0.3) is 11.8 Å². The number of nitrogens with zero attached hydrogens (tertiary/aromatic N) is 5. The van der Waals surface area contributed by atoms with E-state index in [0.29, 0.717) is 16.9 Å². The Bertz CT molecular complexity index is 1020. The number of ether oxygens (including phenoxy) is 1. The predicted octanol–water partition coefficient (Wildman–Crippen LogP) is 1.16. The Morgan fingerprint density at radius 3 is 2.45 bits per heavy atom. The zero-order chi connectivity index (χ0) is 20.8. The van der Waals surface area contributed by atoms with Crippen LogP contribution in [0.15, 0.2) is 54.9 Å². The maximum Gasteiger partial charge on any atom is 0.340 e. The van der Waals surface area contributed by atoms with E-state index in [2.05, 4.69) is 20.8 Å². The van der Waals surface area contributed by atoms with Gasteiger partial charge in [-0.15, -0.1) is 5.10 Å². The lowest BCUT2D eigenvalue weighted by atomic mass is 10.2. The fraction of sp³-hybridized carbons (Fsp3) is 0.158. The number of amides is 2. The number of aromatic nitrogens is 4. The average molecular weight is 394 g/mol. The van der Waals surface area contributed by atoms with Gasteiger partial charge in [0.05, 0.1) is 11.3 Å². The van der Waals surface area contributed by atoms with Crippen molar-refractivity contribution in [3.8, 4) is 5.69 Å². The lowest BCUT2D eigenvalue weighted by Gasteiger charge is -2.11. The summed E-state index contributed by atoms with van der Waals surface area (Å²) in [5, 5.41) is 13.4.